The van der Waals surface area contributed by atoms with Gasteiger partial charge in [0.25, 0.3) is 5.78 Å². The van der Waals surface area contributed by atoms with Crippen molar-refractivity contribution in [1.29, 1.82) is 0 Å². The second-order valence-electron chi connectivity index (χ2n) is 8.87. The fourth-order valence-corrected chi connectivity index (χ4v) is 3.97. The van der Waals surface area contributed by atoms with Crippen LogP contribution in [0.2, 0.25) is 0 Å². The van der Waals surface area contributed by atoms with Gasteiger partial charge in [-0.05, 0) is 25.3 Å². The summed E-state index contributed by atoms with van der Waals surface area (Å²) >= 11 is 0. The lowest BCUT2D eigenvalue weighted by molar-refractivity contribution is -0.145. The number of nitrogens with one attached hydrogen (secondary N) is 1. The molecule has 1 atom stereocenters. The van der Waals surface area contributed by atoms with Gasteiger partial charge in [0.15, 0.2) is 12.0 Å². The van der Waals surface area contributed by atoms with Crippen LogP contribution in [0.25, 0.3) is 0 Å². The van der Waals surface area contributed by atoms with E-state index >= 15 is 0 Å². The van der Waals surface area contributed by atoms with Crippen LogP contribution in [-0.2, 0) is 23.9 Å². The van der Waals surface area contributed by atoms with Crippen LogP contribution in [0.4, 0.5) is 0 Å². The molecule has 1 fully saturated rings. The average molecular weight is 450 g/mol. The van der Waals surface area contributed by atoms with E-state index in [0.29, 0.717) is 12.8 Å². The Morgan fingerprint density at radius 1 is 0.875 bits per heavy atom. The van der Waals surface area contributed by atoms with Crippen LogP contribution in [0, 0.1) is 0 Å². The van der Waals surface area contributed by atoms with E-state index in [-0.39, 0.29) is 24.4 Å². The number of hydrogen-bond acceptors (Lipinski definition) is 5. The topological polar surface area (TPSA) is 89.5 Å². The van der Waals surface area contributed by atoms with Crippen LogP contribution in [-0.4, -0.2) is 30.0 Å². The maximum atomic E-state index is 12.0. The van der Waals surface area contributed by atoms with Crippen molar-refractivity contribution >= 4 is 23.9 Å². The van der Waals surface area contributed by atoms with Crippen molar-refractivity contribution in [3.63, 3.8) is 0 Å². The Kier molecular flexibility index (Phi) is 16.3. The molecule has 1 heterocycles. The van der Waals surface area contributed by atoms with Crippen LogP contribution in [0.1, 0.15) is 122 Å². The number of Topliss-reactive ketones (excluding diaryl/α,β-unsaturated/α-hetero) is 1. The van der Waals surface area contributed by atoms with E-state index in [1.165, 1.54) is 83.1 Å². The predicted molar refractivity (Wildman–Crippen MR) is 126 cm³/mol. The molecule has 6 nitrogen and oxygen atoms in total. The zero-order chi connectivity index (χ0) is 23.4. The van der Waals surface area contributed by atoms with Crippen molar-refractivity contribution in [1.82, 2.24) is 5.32 Å². The molecular weight excluding hydrogens is 406 g/mol. The summed E-state index contributed by atoms with van der Waals surface area (Å²) in [6, 6.07) is -0.740. The van der Waals surface area contributed by atoms with Crippen LogP contribution < -0.4 is 5.32 Å². The molecule has 1 amide bonds. The summed E-state index contributed by atoms with van der Waals surface area (Å²) < 4.78 is 5.09. The fraction of sp³-hybridized carbons (Fsp3) is 0.769. The maximum absolute atomic E-state index is 12.0. The van der Waals surface area contributed by atoms with E-state index in [2.05, 4.69) is 12.2 Å². The summed E-state index contributed by atoms with van der Waals surface area (Å²) in [5.41, 5.74) is 0. The summed E-state index contributed by atoms with van der Waals surface area (Å²) in [6.45, 7) is 2.26. The van der Waals surface area contributed by atoms with Crippen LogP contribution in [0.15, 0.2) is 11.8 Å². The Balaban J connectivity index is 2.05. The molecule has 0 saturated carbocycles. The van der Waals surface area contributed by atoms with Crippen LogP contribution in [0.3, 0.4) is 0 Å². The quantitative estimate of drug-likeness (QED) is 0.0641. The molecule has 1 aliphatic rings. The second kappa shape index (κ2) is 18.6. The molecule has 0 aromatic carbocycles. The molecule has 1 aliphatic heterocycles. The Labute approximate surface area is 193 Å². The Hall–Kier alpha value is -1.98. The van der Waals surface area contributed by atoms with Gasteiger partial charge in [-0.3, -0.25) is 14.4 Å². The fourth-order valence-electron chi connectivity index (χ4n) is 3.97. The summed E-state index contributed by atoms with van der Waals surface area (Å²) in [5, 5.41) is 2.50. The van der Waals surface area contributed by atoms with E-state index in [0.717, 1.165) is 19.3 Å². The van der Waals surface area contributed by atoms with Crippen molar-refractivity contribution in [3.05, 3.63) is 11.8 Å². The molecular formula is C26H43NO5. The van der Waals surface area contributed by atoms with Gasteiger partial charge in [-0.15, -0.1) is 0 Å². The summed E-state index contributed by atoms with van der Waals surface area (Å²) in [5.74, 6) is -1.97. The molecule has 0 aromatic rings. The molecule has 1 saturated heterocycles. The normalized spacial score (nSPS) is 16.1. The van der Waals surface area contributed by atoms with Gasteiger partial charge in [-0.2, -0.15) is 0 Å². The average Bonchev–Trinajstić information content (AvgIpc) is 3.23. The van der Waals surface area contributed by atoms with E-state index in [4.69, 9.17) is 4.74 Å². The molecule has 0 radical (unpaired) electrons. The minimum Gasteiger partial charge on any atom is -0.421 e. The number of amides is 1. The van der Waals surface area contributed by atoms with Crippen molar-refractivity contribution < 1.29 is 23.9 Å². The maximum Gasteiger partial charge on any atom is 0.334 e. The van der Waals surface area contributed by atoms with Crippen LogP contribution >= 0.6 is 0 Å². The second-order valence-corrected chi connectivity index (χ2v) is 8.87. The standard InChI is InChI=1S/C26H43NO5/c1-2-3-4-5-6-7-8-9-10-11-12-13-14-15-16-17-18-24(23(29)21-28)32-26(31)22-19-20-25(30)27-22/h18,21-22H,2-17,19-20H2,1H3,(H,27,30)/t22-/m0/s1. The first-order chi connectivity index (χ1) is 15.6. The van der Waals surface area contributed by atoms with Crippen molar-refractivity contribution in [2.24, 2.45) is 0 Å². The van der Waals surface area contributed by atoms with Crippen LogP contribution in [0.5, 0.6) is 0 Å². The van der Waals surface area contributed by atoms with E-state index in [1.807, 2.05) is 0 Å². The third-order valence-electron chi connectivity index (χ3n) is 5.98. The monoisotopic (exact) mass is 449 g/mol. The Bertz CT molecular complexity index is 599. The van der Waals surface area contributed by atoms with E-state index in [1.54, 1.807) is 0 Å². The van der Waals surface area contributed by atoms with E-state index < -0.39 is 17.8 Å². The van der Waals surface area contributed by atoms with Gasteiger partial charge < -0.3 is 10.1 Å². The van der Waals surface area contributed by atoms with Gasteiger partial charge in [-0.1, -0.05) is 96.8 Å². The van der Waals surface area contributed by atoms with Crippen molar-refractivity contribution in [3.8, 4) is 0 Å². The highest BCUT2D eigenvalue weighted by Gasteiger charge is 2.30. The number of ketones is 1. The number of rotatable bonds is 20. The molecule has 0 aliphatic carbocycles. The molecule has 1 rings (SSSR count). The number of ether oxygens (including phenoxy) is 1. The smallest absolute Gasteiger partial charge is 0.334 e. The number of unbranched alkanes of at least 4 members (excludes halogenated alkanes) is 15. The van der Waals surface area contributed by atoms with Gasteiger partial charge >= 0.3 is 5.97 Å². The van der Waals surface area contributed by atoms with E-state index in [9.17, 15) is 19.2 Å². The summed E-state index contributed by atoms with van der Waals surface area (Å²) in [7, 11) is 0. The number of carbonyl (C=O) groups excluding carboxylic acids is 4. The number of esters is 1. The van der Waals surface area contributed by atoms with Crippen molar-refractivity contribution in [2.75, 3.05) is 0 Å². The predicted octanol–water partition coefficient (Wildman–Crippen LogP) is 5.72. The lowest BCUT2D eigenvalue weighted by Crippen LogP contribution is -2.35. The van der Waals surface area contributed by atoms with Gasteiger partial charge in [0.2, 0.25) is 5.91 Å². The number of aldehydes is 1. The summed E-state index contributed by atoms with van der Waals surface area (Å²) in [6.07, 6.45) is 22.1. The van der Waals surface area contributed by atoms with Gasteiger partial charge in [0, 0.05) is 6.42 Å². The first kappa shape index (κ1) is 28.1. The highest BCUT2D eigenvalue weighted by Crippen LogP contribution is 2.15. The number of allylic oxidation sites excluding steroid dienone is 2. The molecule has 32 heavy (non-hydrogen) atoms. The molecule has 0 bridgehead atoms. The lowest BCUT2D eigenvalue weighted by atomic mass is 10.0. The van der Waals surface area contributed by atoms with Gasteiger partial charge in [0.05, 0.1) is 0 Å². The largest absolute Gasteiger partial charge is 0.421 e. The lowest BCUT2D eigenvalue weighted by Gasteiger charge is -2.10. The SMILES string of the molecule is CCCCCCCCCCCCCCCCCC=C(OC(=O)[C@@H]1CCC(=O)N1)C(=O)C=O. The third kappa shape index (κ3) is 13.4. The molecule has 0 aromatic heterocycles. The Morgan fingerprint density at radius 3 is 1.81 bits per heavy atom. The van der Waals surface area contributed by atoms with Gasteiger partial charge in [0.1, 0.15) is 6.04 Å². The minimum absolute atomic E-state index is 0.152. The molecule has 0 spiro atoms. The zero-order valence-electron chi connectivity index (χ0n) is 20.0. The molecule has 6 heteroatoms. The number of carbonyl (C=O) groups is 4. The third-order valence-corrected chi connectivity index (χ3v) is 5.98. The Morgan fingerprint density at radius 2 is 1.38 bits per heavy atom. The number of hydrogen-bond donors (Lipinski definition) is 1. The van der Waals surface area contributed by atoms with Gasteiger partial charge in [-0.25, -0.2) is 4.79 Å². The summed E-state index contributed by atoms with van der Waals surface area (Å²) in [4.78, 5) is 45.8. The first-order valence-electron chi connectivity index (χ1n) is 12.8. The first-order valence-corrected chi connectivity index (χ1v) is 12.8. The molecule has 0 unspecified atom stereocenters. The molecule has 1 N–H and O–H groups in total. The molecule has 182 valence electrons. The highest BCUT2D eigenvalue weighted by atomic mass is 16.5. The zero-order valence-corrected chi connectivity index (χ0v) is 20.0. The minimum atomic E-state index is -0.844. The van der Waals surface area contributed by atoms with Crippen molar-refractivity contribution in [2.45, 2.75) is 129 Å². The highest BCUT2D eigenvalue weighted by molar-refractivity contribution is 6.32.